The molecule has 0 bridgehead atoms. The lowest BCUT2D eigenvalue weighted by Gasteiger charge is -2.10. The molecule has 0 aliphatic rings. The monoisotopic (exact) mass is 421 g/mol. The number of imidazole rings is 1. The molecule has 0 N–H and O–H groups in total. The van der Waals surface area contributed by atoms with E-state index in [-0.39, 0.29) is 5.75 Å². The first-order chi connectivity index (χ1) is 13.8. The normalized spacial score (nSPS) is 12.0. The second-order valence-electron chi connectivity index (χ2n) is 7.21. The SMILES string of the molecule is CCCc1nc2cncc(C)c2n1CCCCCS(=O)(=O)c1ccc(F)cc1F. The molecule has 0 unspecified atom stereocenters. The molecule has 0 fully saturated rings. The third kappa shape index (κ3) is 4.80. The zero-order chi connectivity index (χ0) is 21.0. The summed E-state index contributed by atoms with van der Waals surface area (Å²) >= 11 is 0. The van der Waals surface area contributed by atoms with E-state index < -0.39 is 26.4 Å². The molecule has 3 rings (SSSR count). The van der Waals surface area contributed by atoms with Crippen LogP contribution < -0.4 is 0 Å². The van der Waals surface area contributed by atoms with Crippen LogP contribution >= 0.6 is 0 Å². The Kier molecular flexibility index (Phi) is 6.62. The van der Waals surface area contributed by atoms with Gasteiger partial charge >= 0.3 is 0 Å². The van der Waals surface area contributed by atoms with E-state index >= 15 is 0 Å². The van der Waals surface area contributed by atoms with Crippen molar-refractivity contribution in [3.05, 3.63) is 53.6 Å². The highest BCUT2D eigenvalue weighted by molar-refractivity contribution is 7.91. The van der Waals surface area contributed by atoms with Gasteiger partial charge in [0, 0.05) is 25.2 Å². The number of unbranched alkanes of at least 4 members (excludes halogenated alkanes) is 2. The van der Waals surface area contributed by atoms with Crippen molar-refractivity contribution in [2.75, 3.05) is 5.75 Å². The van der Waals surface area contributed by atoms with Gasteiger partial charge in [-0.05, 0) is 43.9 Å². The summed E-state index contributed by atoms with van der Waals surface area (Å²) < 4.78 is 53.6. The van der Waals surface area contributed by atoms with E-state index in [9.17, 15) is 17.2 Å². The van der Waals surface area contributed by atoms with Crippen molar-refractivity contribution in [2.24, 2.45) is 0 Å². The Hall–Kier alpha value is -2.35. The third-order valence-electron chi connectivity index (χ3n) is 4.91. The Morgan fingerprint density at radius 3 is 2.62 bits per heavy atom. The van der Waals surface area contributed by atoms with Crippen LogP contribution in [0.3, 0.4) is 0 Å². The Balaban J connectivity index is 1.63. The highest BCUT2D eigenvalue weighted by Crippen LogP contribution is 2.22. The van der Waals surface area contributed by atoms with Crippen molar-refractivity contribution in [1.82, 2.24) is 14.5 Å². The molecule has 0 aliphatic heterocycles. The van der Waals surface area contributed by atoms with Crippen molar-refractivity contribution >= 4 is 20.9 Å². The second kappa shape index (κ2) is 8.98. The molecule has 0 spiro atoms. The summed E-state index contributed by atoms with van der Waals surface area (Å²) in [7, 11) is -3.77. The van der Waals surface area contributed by atoms with E-state index in [0.29, 0.717) is 18.9 Å². The lowest BCUT2D eigenvalue weighted by Crippen LogP contribution is -2.10. The summed E-state index contributed by atoms with van der Waals surface area (Å²) in [4.78, 5) is 8.46. The van der Waals surface area contributed by atoms with Crippen LogP contribution in [0.5, 0.6) is 0 Å². The van der Waals surface area contributed by atoms with E-state index in [1.807, 2.05) is 13.1 Å². The number of halogens is 2. The van der Waals surface area contributed by atoms with Crippen LogP contribution in [0.25, 0.3) is 11.0 Å². The summed E-state index contributed by atoms with van der Waals surface area (Å²) in [5.41, 5.74) is 3.01. The van der Waals surface area contributed by atoms with Gasteiger partial charge in [-0.3, -0.25) is 4.98 Å². The molecule has 0 atom stereocenters. The summed E-state index contributed by atoms with van der Waals surface area (Å²) in [5.74, 6) is -0.976. The first-order valence-electron chi connectivity index (χ1n) is 9.81. The number of nitrogens with zero attached hydrogens (tertiary/aromatic N) is 3. The van der Waals surface area contributed by atoms with Crippen LogP contribution in [0.4, 0.5) is 8.78 Å². The molecule has 5 nitrogen and oxygen atoms in total. The molecule has 1 aromatic carbocycles. The van der Waals surface area contributed by atoms with Gasteiger partial charge in [0.2, 0.25) is 0 Å². The Bertz CT molecular complexity index is 1110. The maximum atomic E-state index is 13.8. The average molecular weight is 422 g/mol. The summed E-state index contributed by atoms with van der Waals surface area (Å²) in [6, 6.07) is 2.56. The van der Waals surface area contributed by atoms with Gasteiger partial charge in [0.05, 0.1) is 17.5 Å². The van der Waals surface area contributed by atoms with Crippen LogP contribution in [0.1, 0.15) is 44.0 Å². The second-order valence-corrected chi connectivity index (χ2v) is 9.29. The van der Waals surface area contributed by atoms with E-state index in [2.05, 4.69) is 16.5 Å². The number of benzene rings is 1. The quantitative estimate of drug-likeness (QED) is 0.374. The Labute approximate surface area is 169 Å². The van der Waals surface area contributed by atoms with Crippen molar-refractivity contribution in [1.29, 1.82) is 0 Å². The molecule has 2 heterocycles. The van der Waals surface area contributed by atoms with Gasteiger partial charge in [0.1, 0.15) is 27.9 Å². The summed E-state index contributed by atoms with van der Waals surface area (Å²) in [5, 5.41) is 0. The molecule has 2 aromatic heterocycles. The number of pyridine rings is 1. The highest BCUT2D eigenvalue weighted by Gasteiger charge is 2.19. The van der Waals surface area contributed by atoms with E-state index in [1.54, 1.807) is 6.20 Å². The molecule has 0 amide bonds. The fourth-order valence-electron chi connectivity index (χ4n) is 3.54. The minimum atomic E-state index is -3.77. The van der Waals surface area contributed by atoms with Crippen LogP contribution in [-0.4, -0.2) is 28.7 Å². The smallest absolute Gasteiger partial charge is 0.181 e. The zero-order valence-corrected chi connectivity index (χ0v) is 17.5. The van der Waals surface area contributed by atoms with Crippen molar-refractivity contribution < 1.29 is 17.2 Å². The maximum Gasteiger partial charge on any atom is 0.181 e. The predicted molar refractivity (Wildman–Crippen MR) is 109 cm³/mol. The van der Waals surface area contributed by atoms with Gasteiger partial charge < -0.3 is 4.57 Å². The van der Waals surface area contributed by atoms with Crippen LogP contribution in [0.15, 0.2) is 35.5 Å². The number of hydrogen-bond donors (Lipinski definition) is 0. The van der Waals surface area contributed by atoms with Crippen LogP contribution in [0, 0.1) is 18.6 Å². The topological polar surface area (TPSA) is 64.8 Å². The molecule has 29 heavy (non-hydrogen) atoms. The Morgan fingerprint density at radius 1 is 1.10 bits per heavy atom. The number of aryl methyl sites for hydroxylation is 3. The lowest BCUT2D eigenvalue weighted by atomic mass is 10.2. The van der Waals surface area contributed by atoms with Gasteiger partial charge in [-0.15, -0.1) is 0 Å². The van der Waals surface area contributed by atoms with Gasteiger partial charge in [0.15, 0.2) is 9.84 Å². The molecular formula is C21H25F2N3O2S. The van der Waals surface area contributed by atoms with E-state index in [4.69, 9.17) is 4.98 Å². The minimum Gasteiger partial charge on any atom is -0.328 e. The van der Waals surface area contributed by atoms with Gasteiger partial charge in [-0.1, -0.05) is 13.3 Å². The fourth-order valence-corrected chi connectivity index (χ4v) is 4.97. The number of rotatable bonds is 9. The molecular weight excluding hydrogens is 396 g/mol. The third-order valence-corrected chi connectivity index (χ3v) is 6.74. The molecule has 3 aromatic rings. The molecule has 0 aliphatic carbocycles. The first-order valence-corrected chi connectivity index (χ1v) is 11.5. The lowest BCUT2D eigenvalue weighted by molar-refractivity contribution is 0.545. The number of hydrogen-bond acceptors (Lipinski definition) is 4. The van der Waals surface area contributed by atoms with E-state index in [1.165, 1.54) is 0 Å². The molecule has 156 valence electrons. The number of sulfone groups is 1. The van der Waals surface area contributed by atoms with Crippen molar-refractivity contribution in [3.8, 4) is 0 Å². The molecule has 0 saturated carbocycles. The number of aromatic nitrogens is 3. The maximum absolute atomic E-state index is 13.8. The molecule has 8 heteroatoms. The van der Waals surface area contributed by atoms with Crippen molar-refractivity contribution in [2.45, 2.75) is 57.4 Å². The fraction of sp³-hybridized carbons (Fsp3) is 0.429. The standard InChI is InChI=1S/C21H25F2N3O2S/c1-3-7-20-25-18-14-24-13-15(2)21(18)26(20)10-5-4-6-11-29(27,28)19-9-8-16(22)12-17(19)23/h8-9,12-14H,3-7,10-11H2,1-2H3. The van der Waals surface area contributed by atoms with Crippen molar-refractivity contribution in [3.63, 3.8) is 0 Å². The average Bonchev–Trinajstić information content (AvgIpc) is 3.00. The zero-order valence-electron chi connectivity index (χ0n) is 16.7. The predicted octanol–water partition coefficient (Wildman–Crippen LogP) is 4.61. The number of fused-ring (bicyclic) bond motifs is 1. The van der Waals surface area contributed by atoms with Crippen LogP contribution in [0.2, 0.25) is 0 Å². The van der Waals surface area contributed by atoms with Gasteiger partial charge in [0.25, 0.3) is 0 Å². The highest BCUT2D eigenvalue weighted by atomic mass is 32.2. The molecule has 0 saturated heterocycles. The molecule has 0 radical (unpaired) electrons. The van der Waals surface area contributed by atoms with Crippen LogP contribution in [-0.2, 0) is 22.8 Å². The minimum absolute atomic E-state index is 0.162. The summed E-state index contributed by atoms with van der Waals surface area (Å²) in [6.45, 7) is 4.85. The summed E-state index contributed by atoms with van der Waals surface area (Å²) in [6.07, 6.45) is 7.31. The largest absolute Gasteiger partial charge is 0.328 e. The van der Waals surface area contributed by atoms with Gasteiger partial charge in [-0.2, -0.15) is 0 Å². The van der Waals surface area contributed by atoms with E-state index in [0.717, 1.165) is 60.4 Å². The van der Waals surface area contributed by atoms with Gasteiger partial charge in [-0.25, -0.2) is 22.2 Å². The first kappa shape index (κ1) is 21.4. The Morgan fingerprint density at radius 2 is 1.90 bits per heavy atom.